The van der Waals surface area contributed by atoms with E-state index in [0.29, 0.717) is 6.42 Å². The van der Waals surface area contributed by atoms with E-state index < -0.39 is 60.5 Å². The fraction of sp³-hybridized carbons (Fsp3) is 0.706. The van der Waals surface area contributed by atoms with Crippen LogP contribution in [0, 0.1) is 12.3 Å². The molecule has 0 radical (unpaired) electrons. The van der Waals surface area contributed by atoms with Gasteiger partial charge in [0.05, 0.1) is 16.4 Å². The van der Waals surface area contributed by atoms with Crippen molar-refractivity contribution in [2.45, 2.75) is 148 Å². The molecule has 44 heavy (non-hydrogen) atoms. The molecule has 0 fully saturated rings. The Hall–Kier alpha value is -1.85. The molecule has 3 atom stereocenters. The van der Waals surface area contributed by atoms with Gasteiger partial charge >= 0.3 is 5.97 Å². The number of hydrogen-bond donors (Lipinski definition) is 1. The molecule has 1 aromatic carbocycles. The molecule has 0 saturated carbocycles. The van der Waals surface area contributed by atoms with E-state index in [1.807, 2.05) is 6.92 Å². The highest BCUT2D eigenvalue weighted by atomic mass is 32.2. The normalized spacial score (nSPS) is 19.5. The van der Waals surface area contributed by atoms with E-state index in [1.54, 1.807) is 32.9 Å². The zero-order chi connectivity index (χ0) is 33.5. The predicted octanol–water partition coefficient (Wildman–Crippen LogP) is 7.30. The third-order valence-corrected chi connectivity index (χ3v) is 15.1. The zero-order valence-electron chi connectivity index (χ0n) is 28.7. The molecule has 1 aromatic rings. The van der Waals surface area contributed by atoms with Gasteiger partial charge in [-0.15, -0.1) is 0 Å². The van der Waals surface area contributed by atoms with Crippen molar-refractivity contribution in [2.75, 3.05) is 6.61 Å². The van der Waals surface area contributed by atoms with E-state index in [-0.39, 0.29) is 15.5 Å². The highest BCUT2D eigenvalue weighted by molar-refractivity contribution is 7.89. The van der Waals surface area contributed by atoms with Gasteiger partial charge in [0.2, 0.25) is 10.0 Å². The Morgan fingerprint density at radius 3 is 2.05 bits per heavy atom. The Balaban J connectivity index is 2.52. The largest absolute Gasteiger partial charge is 0.463 e. The highest BCUT2D eigenvalue weighted by Gasteiger charge is 2.48. The third-order valence-electron chi connectivity index (χ3n) is 8.72. The van der Waals surface area contributed by atoms with E-state index in [0.717, 1.165) is 35.6 Å². The molecule has 8 nitrogen and oxygen atoms in total. The van der Waals surface area contributed by atoms with Crippen LogP contribution in [0.1, 0.15) is 105 Å². The third kappa shape index (κ3) is 10.1. The average molecular weight is 652 g/mol. The second-order valence-electron chi connectivity index (χ2n) is 14.7. The molecule has 0 amide bonds. The number of aryl methyl sites for hydroxylation is 1. The van der Waals surface area contributed by atoms with Crippen molar-refractivity contribution < 1.29 is 32.3 Å². The number of hydrogen-bond acceptors (Lipinski definition) is 7. The van der Waals surface area contributed by atoms with Crippen molar-refractivity contribution in [2.24, 2.45) is 5.41 Å². The number of carbonyl (C=O) groups excluding carboxylic acids is 2. The van der Waals surface area contributed by atoms with Crippen LogP contribution in [0.5, 0.6) is 0 Å². The van der Waals surface area contributed by atoms with Crippen molar-refractivity contribution in [3.63, 3.8) is 0 Å². The molecule has 0 aliphatic carbocycles. The van der Waals surface area contributed by atoms with Gasteiger partial charge in [-0.05, 0) is 70.5 Å². The first-order chi connectivity index (χ1) is 20.2. The maximum atomic E-state index is 14.3. The molecule has 250 valence electrons. The minimum Gasteiger partial charge on any atom is -0.463 e. The second kappa shape index (κ2) is 15.6. The lowest BCUT2D eigenvalue weighted by Gasteiger charge is -2.42. The quantitative estimate of drug-likeness (QED) is 0.120. The van der Waals surface area contributed by atoms with Crippen LogP contribution in [0.25, 0.3) is 0 Å². The van der Waals surface area contributed by atoms with Gasteiger partial charge < -0.3 is 14.3 Å². The Labute approximate surface area is 267 Å². The lowest BCUT2D eigenvalue weighted by Crippen LogP contribution is -2.57. The van der Waals surface area contributed by atoms with Crippen molar-refractivity contribution in [3.8, 4) is 0 Å². The molecule has 0 aromatic heterocycles. The van der Waals surface area contributed by atoms with Gasteiger partial charge in [-0.25, -0.2) is 8.42 Å². The van der Waals surface area contributed by atoms with Crippen LogP contribution < -0.4 is 0 Å². The topological polar surface area (TPSA) is 110 Å². The predicted molar refractivity (Wildman–Crippen MR) is 178 cm³/mol. The molecule has 1 aliphatic rings. The standard InChI is InChI=1S/C34H57NO7SSi/c1-11-12-13-14-15-16-17-18-29(42-44(9,10)34(6,7)8)27-23-30(36)35(43(39,40)26-21-19-25(2)20-22-26)28(31(27)37)24-41-32(38)33(3,4)5/h19-23,28-30,36H,11-18,24H2,1-10H3/t28-,29+,30-/m0/s1. The van der Waals surface area contributed by atoms with Gasteiger partial charge in [0.25, 0.3) is 0 Å². The van der Waals surface area contributed by atoms with Gasteiger partial charge in [0.1, 0.15) is 18.9 Å². The number of nitrogens with zero attached hydrogens (tertiary/aromatic N) is 1. The van der Waals surface area contributed by atoms with Crippen LogP contribution in [0.2, 0.25) is 18.1 Å². The number of carbonyl (C=O) groups is 2. The van der Waals surface area contributed by atoms with E-state index in [9.17, 15) is 23.1 Å². The monoisotopic (exact) mass is 651 g/mol. The Bertz CT molecular complexity index is 1240. The Kier molecular flexibility index (Phi) is 13.6. The lowest BCUT2D eigenvalue weighted by molar-refractivity contribution is -0.155. The maximum Gasteiger partial charge on any atom is 0.311 e. The number of ketones is 1. The van der Waals surface area contributed by atoms with Gasteiger partial charge in [-0.1, -0.05) is 90.3 Å². The first-order valence-corrected chi connectivity index (χ1v) is 20.5. The summed E-state index contributed by atoms with van der Waals surface area (Å²) in [6.45, 7) is 19.2. The molecule has 2 rings (SSSR count). The SMILES string of the molecule is CCCCCCCCC[C@@H](O[Si](C)(C)C(C)(C)C)C1=C[C@H](O)N(S(=O)(=O)c2ccc(C)cc2)[C@@H](COC(=O)C(C)(C)C)C1=O. The molecule has 10 heteroatoms. The van der Waals surface area contributed by atoms with Crippen LogP contribution in [0.15, 0.2) is 40.8 Å². The van der Waals surface area contributed by atoms with Crippen LogP contribution >= 0.6 is 0 Å². The van der Waals surface area contributed by atoms with Gasteiger partial charge in [-0.3, -0.25) is 9.59 Å². The number of benzene rings is 1. The lowest BCUT2D eigenvalue weighted by atomic mass is 9.92. The van der Waals surface area contributed by atoms with Crippen molar-refractivity contribution >= 4 is 30.1 Å². The summed E-state index contributed by atoms with van der Waals surface area (Å²) in [6.07, 6.45) is 7.34. The molecule has 0 unspecified atom stereocenters. The van der Waals surface area contributed by atoms with Crippen molar-refractivity contribution in [1.82, 2.24) is 4.31 Å². The van der Waals surface area contributed by atoms with Crippen LogP contribution in [-0.2, 0) is 28.8 Å². The summed E-state index contributed by atoms with van der Waals surface area (Å²) >= 11 is 0. The second-order valence-corrected chi connectivity index (χ2v) is 21.3. The summed E-state index contributed by atoms with van der Waals surface area (Å²) in [5.74, 6) is -1.08. The first-order valence-electron chi connectivity index (χ1n) is 16.1. The van der Waals surface area contributed by atoms with Crippen LogP contribution in [0.3, 0.4) is 0 Å². The number of rotatable bonds is 15. The maximum absolute atomic E-state index is 14.3. The van der Waals surface area contributed by atoms with Crippen molar-refractivity contribution in [1.29, 1.82) is 0 Å². The number of Topliss-reactive ketones (excluding diaryl/α,β-unsaturated/α-hetero) is 1. The molecule has 0 saturated heterocycles. The number of ether oxygens (including phenoxy) is 1. The van der Waals surface area contributed by atoms with Crippen LogP contribution in [-0.4, -0.2) is 62.9 Å². The van der Waals surface area contributed by atoms with Gasteiger partial charge in [0, 0.05) is 5.57 Å². The average Bonchev–Trinajstić information content (AvgIpc) is 2.90. The summed E-state index contributed by atoms with van der Waals surface area (Å²) in [5, 5.41) is 11.3. The molecule has 0 bridgehead atoms. The van der Waals surface area contributed by atoms with Gasteiger partial charge in [-0.2, -0.15) is 4.31 Å². The zero-order valence-corrected chi connectivity index (χ0v) is 30.6. The minimum atomic E-state index is -4.34. The summed E-state index contributed by atoms with van der Waals surface area (Å²) in [7, 11) is -6.72. The van der Waals surface area contributed by atoms with Gasteiger partial charge in [0.15, 0.2) is 14.1 Å². The van der Waals surface area contributed by atoms with Crippen molar-refractivity contribution in [3.05, 3.63) is 41.5 Å². The molecule has 1 heterocycles. The summed E-state index contributed by atoms with van der Waals surface area (Å²) < 4.78 is 40.9. The first kappa shape index (κ1) is 38.3. The van der Waals surface area contributed by atoms with E-state index in [1.165, 1.54) is 37.5 Å². The fourth-order valence-electron chi connectivity index (χ4n) is 4.83. The number of esters is 1. The van der Waals surface area contributed by atoms with E-state index in [4.69, 9.17) is 9.16 Å². The molecular formula is C34H57NO7SSi. The number of unbranched alkanes of at least 4 members (excludes halogenated alkanes) is 6. The van der Waals surface area contributed by atoms with Crippen LogP contribution in [0.4, 0.5) is 0 Å². The molecular weight excluding hydrogens is 595 g/mol. The Morgan fingerprint density at radius 2 is 1.52 bits per heavy atom. The minimum absolute atomic E-state index is 0.0592. The van der Waals surface area contributed by atoms with E-state index >= 15 is 0 Å². The molecule has 1 N–H and O–H groups in total. The summed E-state index contributed by atoms with van der Waals surface area (Å²) in [4.78, 5) is 27.0. The van der Waals surface area contributed by atoms with E-state index in [2.05, 4.69) is 40.8 Å². The smallest absolute Gasteiger partial charge is 0.311 e. The summed E-state index contributed by atoms with van der Waals surface area (Å²) in [5.41, 5.74) is 0.259. The Morgan fingerprint density at radius 1 is 0.977 bits per heavy atom. The fourth-order valence-corrected chi connectivity index (χ4v) is 7.70. The number of aliphatic hydroxyl groups excluding tert-OH is 1. The summed E-state index contributed by atoms with van der Waals surface area (Å²) in [6, 6.07) is 4.77. The number of aliphatic hydroxyl groups is 1. The highest BCUT2D eigenvalue weighted by Crippen LogP contribution is 2.40. The molecule has 0 spiro atoms. The molecule has 1 aliphatic heterocycles. The number of sulfonamides is 1.